The minimum absolute atomic E-state index is 0.120. The van der Waals surface area contributed by atoms with Crippen molar-refractivity contribution in [2.24, 2.45) is 17.4 Å². The summed E-state index contributed by atoms with van der Waals surface area (Å²) in [5.74, 6) is -3.41. The van der Waals surface area contributed by atoms with Crippen LogP contribution >= 0.6 is 0 Å². The maximum atomic E-state index is 13.6. The number of carboxylic acids is 1. The number of unbranched alkanes of at least 4 members (excludes halogenated alkanes) is 1. The molecular formula is C27H42N6O6. The van der Waals surface area contributed by atoms with Crippen molar-refractivity contribution in [1.82, 2.24) is 20.9 Å². The number of rotatable bonds is 16. The van der Waals surface area contributed by atoms with Gasteiger partial charge in [-0.2, -0.15) is 0 Å². The molecular weight excluding hydrogens is 504 g/mol. The fourth-order valence-corrected chi connectivity index (χ4v) is 4.19. The van der Waals surface area contributed by atoms with Crippen molar-refractivity contribution in [1.29, 1.82) is 0 Å². The van der Waals surface area contributed by atoms with Crippen LogP contribution in [0, 0.1) is 5.92 Å². The number of nitrogens with one attached hydrogen (secondary N) is 4. The highest BCUT2D eigenvalue weighted by molar-refractivity contribution is 5.95. The molecule has 0 bridgehead atoms. The molecule has 12 nitrogen and oxygen atoms in total. The van der Waals surface area contributed by atoms with Gasteiger partial charge in [0.25, 0.3) is 0 Å². The maximum absolute atomic E-state index is 13.6. The lowest BCUT2D eigenvalue weighted by molar-refractivity contribution is -0.145. The van der Waals surface area contributed by atoms with Crippen LogP contribution in [0.3, 0.4) is 0 Å². The van der Waals surface area contributed by atoms with Crippen molar-refractivity contribution in [3.8, 4) is 0 Å². The van der Waals surface area contributed by atoms with E-state index in [1.165, 1.54) is 6.92 Å². The Kier molecular flexibility index (Phi) is 12.4. The van der Waals surface area contributed by atoms with Gasteiger partial charge >= 0.3 is 5.97 Å². The summed E-state index contributed by atoms with van der Waals surface area (Å²) < 4.78 is 0. The van der Waals surface area contributed by atoms with Crippen molar-refractivity contribution in [3.05, 3.63) is 36.0 Å². The van der Waals surface area contributed by atoms with Gasteiger partial charge in [0, 0.05) is 23.5 Å². The van der Waals surface area contributed by atoms with Crippen molar-refractivity contribution in [2.75, 3.05) is 6.54 Å². The summed E-state index contributed by atoms with van der Waals surface area (Å²) in [5.41, 5.74) is 13.4. The summed E-state index contributed by atoms with van der Waals surface area (Å²) >= 11 is 0. The van der Waals surface area contributed by atoms with Gasteiger partial charge in [-0.1, -0.05) is 38.5 Å². The monoisotopic (exact) mass is 546 g/mol. The first-order chi connectivity index (χ1) is 18.5. The van der Waals surface area contributed by atoms with Crippen molar-refractivity contribution in [2.45, 2.75) is 83.1 Å². The number of aliphatic carboxylic acids is 1. The van der Waals surface area contributed by atoms with Gasteiger partial charge in [-0.25, -0.2) is 4.79 Å². The molecule has 2 rings (SSSR count). The number of aliphatic hydroxyl groups excluding tert-OH is 1. The Hall–Kier alpha value is -3.48. The van der Waals surface area contributed by atoms with Crippen molar-refractivity contribution in [3.63, 3.8) is 0 Å². The van der Waals surface area contributed by atoms with Gasteiger partial charge in [-0.15, -0.1) is 0 Å². The molecule has 0 spiro atoms. The zero-order chi connectivity index (χ0) is 29.1. The number of hydrogen-bond donors (Lipinski definition) is 8. The Morgan fingerprint density at radius 1 is 0.974 bits per heavy atom. The first kappa shape index (κ1) is 31.7. The molecule has 0 aliphatic rings. The number of carbonyl (C=O) groups is 4. The Bertz CT molecular complexity index is 1120. The number of fused-ring (bicyclic) bond motifs is 1. The van der Waals surface area contributed by atoms with E-state index in [1.807, 2.05) is 38.1 Å². The maximum Gasteiger partial charge on any atom is 0.328 e. The van der Waals surface area contributed by atoms with Crippen LogP contribution in [-0.4, -0.2) is 75.7 Å². The molecule has 0 fully saturated rings. The average Bonchev–Trinajstić information content (AvgIpc) is 3.31. The number of aromatic nitrogens is 1. The smallest absolute Gasteiger partial charge is 0.328 e. The average molecular weight is 547 g/mol. The van der Waals surface area contributed by atoms with E-state index in [-0.39, 0.29) is 18.8 Å². The molecule has 0 saturated heterocycles. The molecule has 1 heterocycles. The van der Waals surface area contributed by atoms with Crippen LogP contribution in [0.15, 0.2) is 30.5 Å². The van der Waals surface area contributed by atoms with Crippen molar-refractivity contribution >= 4 is 34.6 Å². The van der Waals surface area contributed by atoms with Crippen LogP contribution < -0.4 is 27.4 Å². The molecule has 0 saturated carbocycles. The van der Waals surface area contributed by atoms with Gasteiger partial charge in [-0.05, 0) is 50.3 Å². The quantitative estimate of drug-likeness (QED) is 0.135. The summed E-state index contributed by atoms with van der Waals surface area (Å²) in [6.07, 6.45) is 2.45. The molecule has 1 aromatic carbocycles. The van der Waals surface area contributed by atoms with E-state index in [2.05, 4.69) is 20.9 Å². The van der Waals surface area contributed by atoms with E-state index in [9.17, 15) is 29.4 Å². The third-order valence-corrected chi connectivity index (χ3v) is 6.92. The molecule has 216 valence electrons. The lowest BCUT2D eigenvalue weighted by Gasteiger charge is -2.26. The number of benzene rings is 1. The number of para-hydroxylation sites is 1. The van der Waals surface area contributed by atoms with E-state index in [0.29, 0.717) is 25.8 Å². The molecule has 0 aliphatic heterocycles. The largest absolute Gasteiger partial charge is 0.480 e. The van der Waals surface area contributed by atoms with Crippen LogP contribution in [0.5, 0.6) is 0 Å². The molecule has 0 aliphatic carbocycles. The number of aliphatic hydroxyl groups is 1. The normalized spacial score (nSPS) is 15.9. The van der Waals surface area contributed by atoms with E-state index < -0.39 is 54.0 Å². The van der Waals surface area contributed by atoms with Crippen LogP contribution in [0.25, 0.3) is 10.9 Å². The fraction of sp³-hybridized carbons (Fsp3) is 0.556. The van der Waals surface area contributed by atoms with Gasteiger partial charge in [-0.3, -0.25) is 14.4 Å². The summed E-state index contributed by atoms with van der Waals surface area (Å²) in [6, 6.07) is 2.96. The molecule has 3 amide bonds. The number of amides is 3. The topological polar surface area (TPSA) is 213 Å². The highest BCUT2D eigenvalue weighted by Crippen LogP contribution is 2.19. The van der Waals surface area contributed by atoms with Gasteiger partial charge in [0.1, 0.15) is 12.1 Å². The summed E-state index contributed by atoms with van der Waals surface area (Å²) in [6.45, 7) is 5.38. The summed E-state index contributed by atoms with van der Waals surface area (Å²) in [4.78, 5) is 54.2. The molecule has 0 radical (unpaired) electrons. The highest BCUT2D eigenvalue weighted by atomic mass is 16.4. The Morgan fingerprint density at radius 2 is 1.62 bits per heavy atom. The second-order valence-electron chi connectivity index (χ2n) is 9.95. The van der Waals surface area contributed by atoms with E-state index in [0.717, 1.165) is 16.5 Å². The molecule has 6 unspecified atom stereocenters. The zero-order valence-corrected chi connectivity index (χ0v) is 22.8. The summed E-state index contributed by atoms with van der Waals surface area (Å²) in [7, 11) is 0. The number of hydrogen-bond acceptors (Lipinski definition) is 7. The molecule has 2 aromatic rings. The minimum Gasteiger partial charge on any atom is -0.480 e. The van der Waals surface area contributed by atoms with E-state index in [1.54, 1.807) is 6.20 Å². The van der Waals surface area contributed by atoms with Gasteiger partial charge in [0.2, 0.25) is 17.7 Å². The van der Waals surface area contributed by atoms with Gasteiger partial charge in [0.15, 0.2) is 6.04 Å². The fourth-order valence-electron chi connectivity index (χ4n) is 4.19. The minimum atomic E-state index is -1.55. The van der Waals surface area contributed by atoms with Crippen LogP contribution in [-0.2, 0) is 25.6 Å². The van der Waals surface area contributed by atoms with Crippen LogP contribution in [0.2, 0.25) is 0 Å². The Morgan fingerprint density at radius 3 is 2.23 bits per heavy atom. The molecule has 1 aromatic heterocycles. The zero-order valence-electron chi connectivity index (χ0n) is 22.8. The molecule has 12 heteroatoms. The van der Waals surface area contributed by atoms with E-state index >= 15 is 0 Å². The number of carboxylic acid groups (broad SMARTS) is 1. The first-order valence-corrected chi connectivity index (χ1v) is 13.3. The molecule has 39 heavy (non-hydrogen) atoms. The first-order valence-electron chi connectivity index (χ1n) is 13.3. The highest BCUT2D eigenvalue weighted by Gasteiger charge is 2.32. The number of nitrogens with two attached hydrogens (primary N) is 2. The Labute approximate surface area is 228 Å². The number of H-pyrrole nitrogens is 1. The number of aromatic amines is 1. The SMILES string of the molecule is CCC(C)C(N)C(=O)NC(Cc1c[nH]c2ccccc12)C(=O)NC(CCCCN)C(=O)NC(C(=O)O)C(C)O. The lowest BCUT2D eigenvalue weighted by atomic mass is 9.98. The second-order valence-corrected chi connectivity index (χ2v) is 9.95. The number of carbonyl (C=O) groups excluding carboxylic acids is 3. The predicted octanol–water partition coefficient (Wildman–Crippen LogP) is 0.133. The van der Waals surface area contributed by atoms with Crippen LogP contribution in [0.4, 0.5) is 0 Å². The molecule has 6 atom stereocenters. The van der Waals surface area contributed by atoms with Crippen molar-refractivity contribution < 1.29 is 29.4 Å². The lowest BCUT2D eigenvalue weighted by Crippen LogP contribution is -2.59. The van der Waals surface area contributed by atoms with E-state index in [4.69, 9.17) is 11.5 Å². The standard InChI is InChI=1S/C27H42N6O6/c1-4-15(2)22(29)26(37)32-21(13-17-14-30-19-10-6-5-9-18(17)19)25(36)31-20(11-7-8-12-28)24(35)33-23(16(3)34)27(38)39/h5-6,9-10,14-16,20-23,30,34H,4,7-8,11-13,28-29H2,1-3H3,(H,31,36)(H,32,37)(H,33,35)(H,38,39). The third-order valence-electron chi connectivity index (χ3n) is 6.92. The second kappa shape index (κ2) is 15.2. The molecule has 10 N–H and O–H groups in total. The van der Waals surface area contributed by atoms with Crippen LogP contribution in [0.1, 0.15) is 52.0 Å². The summed E-state index contributed by atoms with van der Waals surface area (Å²) in [5, 5.41) is 27.7. The van der Waals surface area contributed by atoms with Gasteiger partial charge in [0.05, 0.1) is 12.1 Å². The Balaban J connectivity index is 2.32. The predicted molar refractivity (Wildman–Crippen MR) is 147 cm³/mol. The van der Waals surface area contributed by atoms with Gasteiger partial charge < -0.3 is 42.6 Å². The third kappa shape index (κ3) is 9.05.